The molecule has 21 heavy (non-hydrogen) atoms. The highest BCUT2D eigenvalue weighted by Gasteiger charge is 2.30. The monoisotopic (exact) mass is 289 g/mol. The Balaban J connectivity index is 1.65. The summed E-state index contributed by atoms with van der Waals surface area (Å²) in [7, 11) is 0. The number of furan rings is 1. The molecule has 0 spiro atoms. The van der Waals surface area contributed by atoms with Crippen molar-refractivity contribution in [2.45, 2.75) is 33.1 Å². The molecule has 7 heteroatoms. The number of aromatic nitrogens is 4. The standard InChI is InChI=1S/C14H19N5O2/c1-3-11-6-9(2)13(21-11)14(20)19-5-4-10(8-19)7-12-15-17-18-16-12/h6,10H,3-5,7-8H2,1-2H3,(H,15,16,17,18). The van der Waals surface area contributed by atoms with E-state index in [-0.39, 0.29) is 5.91 Å². The Kier molecular flexibility index (Phi) is 3.72. The molecule has 1 N–H and O–H groups in total. The molecule has 1 atom stereocenters. The number of amides is 1. The van der Waals surface area contributed by atoms with E-state index in [1.54, 1.807) is 0 Å². The zero-order valence-electron chi connectivity index (χ0n) is 12.3. The van der Waals surface area contributed by atoms with E-state index in [0.29, 0.717) is 17.5 Å². The average Bonchev–Trinajstić information content (AvgIpc) is 3.19. The molecule has 112 valence electrons. The van der Waals surface area contributed by atoms with E-state index in [1.807, 2.05) is 24.8 Å². The molecule has 0 saturated carbocycles. The summed E-state index contributed by atoms with van der Waals surface area (Å²) in [5, 5.41) is 13.9. The van der Waals surface area contributed by atoms with Crippen LogP contribution in [0.4, 0.5) is 0 Å². The highest BCUT2D eigenvalue weighted by atomic mass is 16.4. The van der Waals surface area contributed by atoms with Crippen LogP contribution < -0.4 is 0 Å². The van der Waals surface area contributed by atoms with E-state index in [9.17, 15) is 4.79 Å². The number of tetrazole rings is 1. The number of rotatable bonds is 4. The Bertz CT molecular complexity index is 619. The highest BCUT2D eigenvalue weighted by molar-refractivity contribution is 5.93. The molecule has 2 aromatic rings. The summed E-state index contributed by atoms with van der Waals surface area (Å²) in [6.07, 6.45) is 2.51. The van der Waals surface area contributed by atoms with Gasteiger partial charge in [-0.15, -0.1) is 10.2 Å². The molecule has 0 aliphatic carbocycles. The second kappa shape index (κ2) is 5.67. The maximum Gasteiger partial charge on any atom is 0.289 e. The predicted molar refractivity (Wildman–Crippen MR) is 74.7 cm³/mol. The third-order valence-electron chi connectivity index (χ3n) is 3.95. The summed E-state index contributed by atoms with van der Waals surface area (Å²) in [5.41, 5.74) is 0.915. The Morgan fingerprint density at radius 2 is 2.43 bits per heavy atom. The van der Waals surface area contributed by atoms with Gasteiger partial charge in [0.2, 0.25) is 0 Å². The Hall–Kier alpha value is -2.18. The SMILES string of the molecule is CCc1cc(C)c(C(=O)N2CCC(Cc3nn[nH]n3)C2)o1. The summed E-state index contributed by atoms with van der Waals surface area (Å²) in [6.45, 7) is 5.41. The lowest BCUT2D eigenvalue weighted by Crippen LogP contribution is -2.29. The van der Waals surface area contributed by atoms with Gasteiger partial charge in [0.1, 0.15) is 5.76 Å². The van der Waals surface area contributed by atoms with Crippen molar-refractivity contribution in [3.63, 3.8) is 0 Å². The van der Waals surface area contributed by atoms with E-state index in [1.165, 1.54) is 0 Å². The first kappa shape index (κ1) is 13.8. The summed E-state index contributed by atoms with van der Waals surface area (Å²) >= 11 is 0. The Morgan fingerprint density at radius 3 is 3.10 bits per heavy atom. The summed E-state index contributed by atoms with van der Waals surface area (Å²) in [5.74, 6) is 2.41. The molecule has 3 heterocycles. The van der Waals surface area contributed by atoms with E-state index in [2.05, 4.69) is 20.6 Å². The van der Waals surface area contributed by atoms with Crippen molar-refractivity contribution in [1.82, 2.24) is 25.5 Å². The number of carbonyl (C=O) groups excluding carboxylic acids is 1. The number of hydrogen-bond donors (Lipinski definition) is 1. The molecule has 0 bridgehead atoms. The first-order valence-electron chi connectivity index (χ1n) is 7.28. The Morgan fingerprint density at radius 1 is 1.57 bits per heavy atom. The first-order chi connectivity index (χ1) is 10.2. The van der Waals surface area contributed by atoms with Crippen LogP contribution in [0, 0.1) is 12.8 Å². The molecular formula is C14H19N5O2. The number of likely N-dealkylation sites (tertiary alicyclic amines) is 1. The molecule has 1 fully saturated rings. The van der Waals surface area contributed by atoms with Crippen molar-refractivity contribution in [1.29, 1.82) is 0 Å². The second-order valence-corrected chi connectivity index (χ2v) is 5.52. The number of aryl methyl sites for hydroxylation is 2. The molecule has 2 aromatic heterocycles. The van der Waals surface area contributed by atoms with Crippen molar-refractivity contribution in [3.05, 3.63) is 29.0 Å². The number of aromatic amines is 1. The third-order valence-corrected chi connectivity index (χ3v) is 3.95. The van der Waals surface area contributed by atoms with Crippen LogP contribution in [0.15, 0.2) is 10.5 Å². The fourth-order valence-corrected chi connectivity index (χ4v) is 2.79. The van der Waals surface area contributed by atoms with Crippen LogP contribution >= 0.6 is 0 Å². The van der Waals surface area contributed by atoms with E-state index < -0.39 is 0 Å². The van der Waals surface area contributed by atoms with Crippen molar-refractivity contribution in [3.8, 4) is 0 Å². The minimum atomic E-state index is -0.0113. The number of H-pyrrole nitrogens is 1. The lowest BCUT2D eigenvalue weighted by Gasteiger charge is -2.15. The number of hydrogen-bond acceptors (Lipinski definition) is 5. The van der Waals surface area contributed by atoms with Gasteiger partial charge in [-0.25, -0.2) is 0 Å². The van der Waals surface area contributed by atoms with E-state index >= 15 is 0 Å². The van der Waals surface area contributed by atoms with Gasteiger partial charge in [0, 0.05) is 31.5 Å². The topological polar surface area (TPSA) is 87.9 Å². The minimum absolute atomic E-state index is 0.0113. The van der Waals surface area contributed by atoms with Gasteiger partial charge in [-0.1, -0.05) is 12.1 Å². The Labute approximate surface area is 122 Å². The van der Waals surface area contributed by atoms with Gasteiger partial charge in [-0.3, -0.25) is 4.79 Å². The van der Waals surface area contributed by atoms with E-state index in [4.69, 9.17) is 4.42 Å². The summed E-state index contributed by atoms with van der Waals surface area (Å²) in [6, 6.07) is 1.94. The zero-order chi connectivity index (χ0) is 14.8. The van der Waals surface area contributed by atoms with Crippen LogP contribution in [0.25, 0.3) is 0 Å². The molecule has 1 unspecified atom stereocenters. The lowest BCUT2D eigenvalue weighted by molar-refractivity contribution is 0.0752. The quantitative estimate of drug-likeness (QED) is 0.918. The minimum Gasteiger partial charge on any atom is -0.456 e. The van der Waals surface area contributed by atoms with Crippen molar-refractivity contribution >= 4 is 5.91 Å². The molecular weight excluding hydrogens is 270 g/mol. The maximum atomic E-state index is 12.5. The number of nitrogens with zero attached hydrogens (tertiary/aromatic N) is 4. The van der Waals surface area contributed by atoms with Crippen LogP contribution in [0.1, 0.15) is 41.0 Å². The van der Waals surface area contributed by atoms with Gasteiger partial charge in [0.05, 0.1) is 0 Å². The summed E-state index contributed by atoms with van der Waals surface area (Å²) < 4.78 is 5.65. The molecule has 1 aliphatic rings. The normalized spacial score (nSPS) is 18.4. The zero-order valence-corrected chi connectivity index (χ0v) is 12.3. The van der Waals surface area contributed by atoms with Gasteiger partial charge < -0.3 is 9.32 Å². The van der Waals surface area contributed by atoms with Crippen LogP contribution in [0.5, 0.6) is 0 Å². The molecule has 1 amide bonds. The van der Waals surface area contributed by atoms with Crippen LogP contribution in [-0.2, 0) is 12.8 Å². The molecule has 7 nitrogen and oxygen atoms in total. The molecule has 1 saturated heterocycles. The maximum absolute atomic E-state index is 12.5. The van der Waals surface area contributed by atoms with Gasteiger partial charge in [0.25, 0.3) is 5.91 Å². The molecule has 1 aliphatic heterocycles. The fourth-order valence-electron chi connectivity index (χ4n) is 2.79. The predicted octanol–water partition coefficient (Wildman–Crippen LogP) is 1.37. The first-order valence-corrected chi connectivity index (χ1v) is 7.28. The van der Waals surface area contributed by atoms with Gasteiger partial charge in [-0.2, -0.15) is 5.21 Å². The lowest BCUT2D eigenvalue weighted by atomic mass is 10.1. The number of carbonyl (C=O) groups is 1. The second-order valence-electron chi connectivity index (χ2n) is 5.52. The fraction of sp³-hybridized carbons (Fsp3) is 0.571. The largest absolute Gasteiger partial charge is 0.456 e. The van der Waals surface area contributed by atoms with E-state index in [0.717, 1.165) is 43.7 Å². The van der Waals surface area contributed by atoms with Crippen molar-refractivity contribution < 1.29 is 9.21 Å². The van der Waals surface area contributed by atoms with Crippen LogP contribution in [-0.4, -0.2) is 44.5 Å². The van der Waals surface area contributed by atoms with Crippen LogP contribution in [0.3, 0.4) is 0 Å². The summed E-state index contributed by atoms with van der Waals surface area (Å²) in [4.78, 5) is 14.4. The molecule has 0 aromatic carbocycles. The molecule has 3 rings (SSSR count). The van der Waals surface area contributed by atoms with Gasteiger partial charge >= 0.3 is 0 Å². The van der Waals surface area contributed by atoms with Gasteiger partial charge in [0.15, 0.2) is 11.6 Å². The molecule has 0 radical (unpaired) electrons. The average molecular weight is 289 g/mol. The van der Waals surface area contributed by atoms with Crippen molar-refractivity contribution in [2.24, 2.45) is 5.92 Å². The third kappa shape index (κ3) is 2.81. The smallest absolute Gasteiger partial charge is 0.289 e. The van der Waals surface area contributed by atoms with Crippen LogP contribution in [0.2, 0.25) is 0 Å². The van der Waals surface area contributed by atoms with Crippen molar-refractivity contribution in [2.75, 3.05) is 13.1 Å². The number of nitrogens with one attached hydrogen (secondary N) is 1. The highest BCUT2D eigenvalue weighted by Crippen LogP contribution is 2.23. The van der Waals surface area contributed by atoms with Gasteiger partial charge in [-0.05, 0) is 25.3 Å².